The molecule has 0 fully saturated rings. The molecule has 0 bridgehead atoms. The van der Waals surface area contributed by atoms with E-state index in [1.54, 1.807) is 0 Å². The number of nitrogens with zero attached hydrogens (tertiary/aromatic N) is 3. The Bertz CT molecular complexity index is 2330. The second kappa shape index (κ2) is 13.0. The molecule has 8 rings (SSSR count). The number of halogens is 1. The molecule has 0 radical (unpaired) electrons. The van der Waals surface area contributed by atoms with Crippen molar-refractivity contribution in [3.8, 4) is 33.8 Å². The summed E-state index contributed by atoms with van der Waals surface area (Å²) < 4.78 is 7.51. The van der Waals surface area contributed by atoms with Crippen molar-refractivity contribution in [1.29, 1.82) is 0 Å². The summed E-state index contributed by atoms with van der Waals surface area (Å²) in [6, 6.07) is 55.3. The molecule has 244 valence electrons. The number of rotatable bonds is 4. The van der Waals surface area contributed by atoms with Crippen molar-refractivity contribution < 1.29 is 4.74 Å². The van der Waals surface area contributed by atoms with E-state index >= 15 is 0 Å². The summed E-state index contributed by atoms with van der Waals surface area (Å²) >= 11 is 3.61. The third-order valence-electron chi connectivity index (χ3n) is 9.11. The molecule has 50 heavy (non-hydrogen) atoms. The van der Waals surface area contributed by atoms with E-state index in [9.17, 15) is 0 Å². The van der Waals surface area contributed by atoms with Gasteiger partial charge in [-0.25, -0.2) is 4.98 Å². The minimum absolute atomic E-state index is 0.0712. The van der Waals surface area contributed by atoms with E-state index in [-0.39, 0.29) is 5.41 Å². The lowest BCUT2D eigenvalue weighted by Crippen LogP contribution is -2.19. The number of aromatic nitrogens is 1. The Morgan fingerprint density at radius 1 is 0.500 bits per heavy atom. The molecule has 0 spiro atoms. The van der Waals surface area contributed by atoms with Crippen molar-refractivity contribution >= 4 is 50.2 Å². The number of pyridine rings is 1. The summed E-state index contributed by atoms with van der Waals surface area (Å²) in [7, 11) is 0. The smallest absolute Gasteiger partial charge is 0.137 e. The third kappa shape index (κ3) is 5.95. The zero-order valence-corrected chi connectivity index (χ0v) is 29.8. The number of fused-ring (bicyclic) bond motifs is 6. The van der Waals surface area contributed by atoms with Crippen molar-refractivity contribution in [2.45, 2.75) is 26.2 Å². The second-order valence-corrected chi connectivity index (χ2v) is 14.4. The van der Waals surface area contributed by atoms with Gasteiger partial charge in [0.25, 0.3) is 0 Å². The van der Waals surface area contributed by atoms with Crippen LogP contribution in [0.4, 0.5) is 34.3 Å². The van der Waals surface area contributed by atoms with Gasteiger partial charge in [-0.1, -0.05) is 116 Å². The van der Waals surface area contributed by atoms with Gasteiger partial charge < -0.3 is 9.64 Å². The van der Waals surface area contributed by atoms with Gasteiger partial charge in [-0.3, -0.25) is 4.90 Å². The molecule has 7 aromatic rings. The van der Waals surface area contributed by atoms with Crippen LogP contribution in [0.1, 0.15) is 26.3 Å². The second-order valence-electron chi connectivity index (χ2n) is 13.4. The van der Waals surface area contributed by atoms with Crippen LogP contribution in [0.5, 0.6) is 11.5 Å². The fourth-order valence-corrected chi connectivity index (χ4v) is 7.09. The molecule has 6 aromatic carbocycles. The molecule has 0 saturated carbocycles. The molecular formula is C45H36BrN3O. The average molecular weight is 715 g/mol. The molecule has 5 heteroatoms. The van der Waals surface area contributed by atoms with E-state index in [2.05, 4.69) is 180 Å². The van der Waals surface area contributed by atoms with Crippen LogP contribution in [0, 0.1) is 0 Å². The monoisotopic (exact) mass is 713 g/mol. The Labute approximate surface area is 302 Å². The van der Waals surface area contributed by atoms with Crippen molar-refractivity contribution in [1.82, 2.24) is 4.98 Å². The van der Waals surface area contributed by atoms with Crippen molar-refractivity contribution in [3.05, 3.63) is 174 Å². The van der Waals surface area contributed by atoms with Crippen molar-refractivity contribution in [2.75, 3.05) is 9.80 Å². The third-order valence-corrected chi connectivity index (χ3v) is 9.61. The van der Waals surface area contributed by atoms with Gasteiger partial charge in [-0.15, -0.1) is 0 Å². The first kappa shape index (κ1) is 31.6. The Morgan fingerprint density at radius 2 is 1.06 bits per heavy atom. The molecule has 2 heterocycles. The number of ether oxygens (including phenoxy) is 1. The first-order chi connectivity index (χ1) is 24.3. The van der Waals surface area contributed by atoms with Gasteiger partial charge in [-0.2, -0.15) is 0 Å². The minimum Gasteiger partial charge on any atom is -0.457 e. The van der Waals surface area contributed by atoms with E-state index in [1.165, 1.54) is 5.56 Å². The summed E-state index contributed by atoms with van der Waals surface area (Å²) in [6.07, 6.45) is 1.93. The predicted octanol–water partition coefficient (Wildman–Crippen LogP) is 13.5. The van der Waals surface area contributed by atoms with Crippen LogP contribution in [-0.4, -0.2) is 4.98 Å². The van der Waals surface area contributed by atoms with Crippen LogP contribution in [0.15, 0.2) is 168 Å². The quantitative estimate of drug-likeness (QED) is 0.181. The predicted molar refractivity (Wildman–Crippen MR) is 211 cm³/mol. The number of anilines is 6. The van der Waals surface area contributed by atoms with Gasteiger partial charge in [0.15, 0.2) is 0 Å². The van der Waals surface area contributed by atoms with Crippen LogP contribution in [0.2, 0.25) is 0 Å². The van der Waals surface area contributed by atoms with Gasteiger partial charge in [-0.05, 0) is 83.8 Å². The lowest BCUT2D eigenvalue weighted by atomic mass is 9.87. The van der Waals surface area contributed by atoms with Gasteiger partial charge in [0, 0.05) is 44.7 Å². The van der Waals surface area contributed by atoms with Gasteiger partial charge in [0.05, 0.1) is 22.7 Å². The SMILES string of the molecule is CC(C)(C)c1ccnc(N2c3ccccc3-c3ccccc3N(c3ccccc3)c3ccccc3-c3ccc(Oc4cccc(Br)c4)cc32)c1. The lowest BCUT2D eigenvalue weighted by molar-refractivity contribution is 0.482. The summed E-state index contributed by atoms with van der Waals surface area (Å²) in [5.74, 6) is 2.32. The molecule has 0 unspecified atom stereocenters. The Hall–Kier alpha value is -5.65. The number of para-hydroxylation sites is 4. The first-order valence-electron chi connectivity index (χ1n) is 16.8. The van der Waals surface area contributed by atoms with E-state index in [4.69, 9.17) is 9.72 Å². The fraction of sp³-hybridized carbons (Fsp3) is 0.0889. The maximum Gasteiger partial charge on any atom is 0.137 e. The molecule has 0 amide bonds. The Balaban J connectivity index is 1.49. The van der Waals surface area contributed by atoms with E-state index in [0.29, 0.717) is 0 Å². The van der Waals surface area contributed by atoms with Crippen LogP contribution in [-0.2, 0) is 5.41 Å². The average Bonchev–Trinajstić information content (AvgIpc) is 3.13. The first-order valence-corrected chi connectivity index (χ1v) is 17.6. The largest absolute Gasteiger partial charge is 0.457 e. The molecule has 0 saturated heterocycles. The number of hydrogen-bond acceptors (Lipinski definition) is 4. The van der Waals surface area contributed by atoms with Crippen LogP contribution in [0.25, 0.3) is 22.3 Å². The minimum atomic E-state index is -0.0712. The molecule has 1 aliphatic heterocycles. The molecule has 4 nitrogen and oxygen atoms in total. The summed E-state index contributed by atoms with van der Waals surface area (Å²) in [5.41, 5.74) is 10.7. The van der Waals surface area contributed by atoms with Crippen molar-refractivity contribution in [3.63, 3.8) is 0 Å². The Morgan fingerprint density at radius 3 is 1.68 bits per heavy atom. The van der Waals surface area contributed by atoms with Gasteiger partial charge in [0.2, 0.25) is 0 Å². The molecule has 0 atom stereocenters. The summed E-state index contributed by atoms with van der Waals surface area (Å²) in [5, 5.41) is 0. The molecule has 1 aromatic heterocycles. The Kier molecular flexibility index (Phi) is 8.21. The molecule has 0 N–H and O–H groups in total. The standard InChI is InChI=1S/C45H36BrN3O/c1-45(2,3)31-26-27-47-44(28-31)49-42-23-12-9-19-37(42)36-18-7-10-21-40(36)48(33-15-5-4-6-16-33)41-22-11-8-20-38(41)39-25-24-35(30-43(39)49)50-34-17-13-14-32(46)29-34/h4-30H,1-3H3. The summed E-state index contributed by atoms with van der Waals surface area (Å²) in [6.45, 7) is 6.72. The highest BCUT2D eigenvalue weighted by molar-refractivity contribution is 9.10. The number of benzene rings is 6. The normalized spacial score (nSPS) is 12.3. The topological polar surface area (TPSA) is 28.6 Å². The van der Waals surface area contributed by atoms with E-state index < -0.39 is 0 Å². The molecule has 0 aliphatic carbocycles. The van der Waals surface area contributed by atoms with Crippen LogP contribution < -0.4 is 14.5 Å². The highest BCUT2D eigenvalue weighted by Crippen LogP contribution is 2.53. The lowest BCUT2D eigenvalue weighted by Gasteiger charge is -2.35. The van der Waals surface area contributed by atoms with Gasteiger partial charge >= 0.3 is 0 Å². The van der Waals surface area contributed by atoms with Crippen LogP contribution >= 0.6 is 15.9 Å². The fourth-order valence-electron chi connectivity index (χ4n) is 6.71. The summed E-state index contributed by atoms with van der Waals surface area (Å²) in [4.78, 5) is 9.75. The van der Waals surface area contributed by atoms with Crippen LogP contribution in [0.3, 0.4) is 0 Å². The van der Waals surface area contributed by atoms with Crippen molar-refractivity contribution in [2.24, 2.45) is 0 Å². The zero-order valence-electron chi connectivity index (χ0n) is 28.2. The molecule has 1 aliphatic rings. The van der Waals surface area contributed by atoms with E-state index in [1.807, 2.05) is 30.5 Å². The maximum absolute atomic E-state index is 6.55. The van der Waals surface area contributed by atoms with Gasteiger partial charge in [0.1, 0.15) is 17.3 Å². The highest BCUT2D eigenvalue weighted by Gasteiger charge is 2.29. The zero-order chi connectivity index (χ0) is 34.2. The highest BCUT2D eigenvalue weighted by atomic mass is 79.9. The maximum atomic E-state index is 6.55. The number of hydrogen-bond donors (Lipinski definition) is 0. The molecular weight excluding hydrogens is 678 g/mol. The van der Waals surface area contributed by atoms with E-state index in [0.717, 1.165) is 72.5 Å².